The van der Waals surface area contributed by atoms with Gasteiger partial charge in [0.25, 0.3) is 0 Å². The highest BCUT2D eigenvalue weighted by Crippen LogP contribution is 2.27. The topological polar surface area (TPSA) is 92.7 Å². The Hall–Kier alpha value is -0.320. The van der Waals surface area contributed by atoms with Crippen LogP contribution in [0.3, 0.4) is 0 Å². The van der Waals surface area contributed by atoms with Crippen molar-refractivity contribution < 1.29 is 37.7 Å². The molecule has 0 N–H and O–H groups in total. The van der Waals surface area contributed by atoms with Gasteiger partial charge in [0.2, 0.25) is 0 Å². The number of alkyl halides is 2. The first-order valence-electron chi connectivity index (χ1n) is 7.98. The Morgan fingerprint density at radius 1 is 1.18 bits per heavy atom. The van der Waals surface area contributed by atoms with E-state index in [0.717, 1.165) is 10.7 Å². The number of carbonyl (C=O) groups excluding carboxylic acids is 3. The summed E-state index contributed by atoms with van der Waals surface area (Å²) in [6, 6.07) is 3.58. The van der Waals surface area contributed by atoms with Crippen LogP contribution < -0.4 is 5.11 Å². The third kappa shape index (κ3) is 7.18. The molecule has 28 heavy (non-hydrogen) atoms. The van der Waals surface area contributed by atoms with Crippen LogP contribution in [0, 0.1) is 16.6 Å². The lowest BCUT2D eigenvalue weighted by atomic mass is 10.0. The molecule has 0 aliphatic rings. The molecule has 156 valence electrons. The maximum absolute atomic E-state index is 13.6. The number of hydrogen-bond acceptors (Lipinski definition) is 6. The molecule has 0 spiro atoms. The Morgan fingerprint density at radius 2 is 1.79 bits per heavy atom. The van der Waals surface area contributed by atoms with Crippen LogP contribution in [0.5, 0.6) is 0 Å². The van der Waals surface area contributed by atoms with Gasteiger partial charge in [-0.25, -0.2) is 4.79 Å². The van der Waals surface area contributed by atoms with Crippen molar-refractivity contribution in [3.05, 3.63) is 28.4 Å². The molecule has 1 aromatic rings. The molecule has 0 radical (unpaired) electrons. The van der Waals surface area contributed by atoms with Gasteiger partial charge in [0.1, 0.15) is 5.97 Å². The van der Waals surface area contributed by atoms with Gasteiger partial charge in [0, 0.05) is 17.1 Å². The maximum atomic E-state index is 13.6. The first-order chi connectivity index (χ1) is 12.9. The van der Waals surface area contributed by atoms with Gasteiger partial charge >= 0.3 is 17.9 Å². The molecule has 0 bridgehead atoms. The van der Waals surface area contributed by atoms with Crippen LogP contribution in [0.2, 0.25) is 0 Å². The lowest BCUT2D eigenvalue weighted by Crippen LogP contribution is -2.53. The van der Waals surface area contributed by atoms with E-state index >= 15 is 0 Å². The number of carboxylic acids is 1. The Balaban J connectivity index is 2.56. The minimum absolute atomic E-state index is 0.0455. The van der Waals surface area contributed by atoms with E-state index in [0.29, 0.717) is 5.56 Å². The van der Waals surface area contributed by atoms with Crippen molar-refractivity contribution in [1.29, 1.82) is 0 Å². The number of halogens is 5. The highest BCUT2D eigenvalue weighted by molar-refractivity contribution is 14.1. The third-order valence-corrected chi connectivity index (χ3v) is 7.13. The van der Waals surface area contributed by atoms with E-state index in [2.05, 4.69) is 49.9 Å². The van der Waals surface area contributed by atoms with Crippen molar-refractivity contribution in [1.82, 2.24) is 0 Å². The molecule has 1 rings (SSSR count). The van der Waals surface area contributed by atoms with E-state index in [1.165, 1.54) is 13.8 Å². The SMILES string of the molecule is CC(C)C(OC(=O)CCCOC(=O)c1cc(I)cc(I)c1I)C(F)(F)C(=O)[O-]. The Morgan fingerprint density at radius 3 is 2.32 bits per heavy atom. The van der Waals surface area contributed by atoms with Gasteiger partial charge in [-0.05, 0) is 92.2 Å². The van der Waals surface area contributed by atoms with Crippen LogP contribution >= 0.6 is 67.8 Å². The molecule has 1 unspecified atom stereocenters. The smallest absolute Gasteiger partial charge is 0.339 e. The first kappa shape index (κ1) is 25.7. The van der Waals surface area contributed by atoms with Gasteiger partial charge in [-0.1, -0.05) is 13.8 Å². The van der Waals surface area contributed by atoms with Gasteiger partial charge in [0.05, 0.1) is 12.2 Å². The number of benzene rings is 1. The number of hydrogen-bond donors (Lipinski definition) is 0. The summed E-state index contributed by atoms with van der Waals surface area (Å²) in [5.74, 6) is -9.39. The molecule has 1 aromatic carbocycles. The molecular weight excluding hydrogens is 719 g/mol. The molecule has 0 fully saturated rings. The van der Waals surface area contributed by atoms with Crippen molar-refractivity contribution in [3.8, 4) is 0 Å². The quantitative estimate of drug-likeness (QED) is 0.167. The molecule has 0 saturated heterocycles. The Labute approximate surface area is 201 Å². The summed E-state index contributed by atoms with van der Waals surface area (Å²) in [5.41, 5.74) is 0.396. The molecule has 0 amide bonds. The second kappa shape index (κ2) is 11.2. The molecule has 6 nitrogen and oxygen atoms in total. The number of carbonyl (C=O) groups is 3. The zero-order chi connectivity index (χ0) is 21.6. The molecule has 0 aliphatic heterocycles. The predicted octanol–water partition coefficient (Wildman–Crippen LogP) is 3.39. The van der Waals surface area contributed by atoms with E-state index in [4.69, 9.17) is 4.74 Å². The third-order valence-electron chi connectivity index (χ3n) is 3.46. The molecule has 1 atom stereocenters. The molecule has 11 heteroatoms. The van der Waals surface area contributed by atoms with Gasteiger partial charge < -0.3 is 19.4 Å². The standard InChI is InChI=1S/C17H17F2I3O6/c1-8(2)14(17(18,19)16(25)26)28-12(23)4-3-5-27-15(24)10-6-9(20)7-11(21)13(10)22/h6-8,14H,3-5H2,1-2H3,(H,25,26)/p-1. The zero-order valence-electron chi connectivity index (χ0n) is 14.8. The van der Waals surface area contributed by atoms with Crippen molar-refractivity contribution in [2.45, 2.75) is 38.7 Å². The zero-order valence-corrected chi connectivity index (χ0v) is 21.2. The average molecular weight is 735 g/mol. The number of esters is 2. The highest BCUT2D eigenvalue weighted by atomic mass is 127. The number of rotatable bonds is 9. The van der Waals surface area contributed by atoms with Crippen LogP contribution in [0.25, 0.3) is 0 Å². The van der Waals surface area contributed by atoms with Gasteiger partial charge in [-0.3, -0.25) is 4.79 Å². The van der Waals surface area contributed by atoms with Crippen molar-refractivity contribution >= 4 is 85.7 Å². The summed E-state index contributed by atoms with van der Waals surface area (Å²) in [6.07, 6.45) is -2.40. The normalized spacial score (nSPS) is 12.6. The van der Waals surface area contributed by atoms with Crippen LogP contribution in [-0.4, -0.2) is 36.5 Å². The fourth-order valence-electron chi connectivity index (χ4n) is 2.11. The van der Waals surface area contributed by atoms with E-state index < -0.39 is 35.9 Å². The minimum atomic E-state index is -4.30. The summed E-state index contributed by atoms with van der Waals surface area (Å²) in [6.45, 7) is 2.50. The lowest BCUT2D eigenvalue weighted by Gasteiger charge is -2.30. The van der Waals surface area contributed by atoms with Crippen molar-refractivity contribution in [2.24, 2.45) is 5.92 Å². The summed E-state index contributed by atoms with van der Waals surface area (Å²) < 4.78 is 39.4. The summed E-state index contributed by atoms with van der Waals surface area (Å²) in [7, 11) is 0. The van der Waals surface area contributed by atoms with E-state index in [-0.39, 0.29) is 19.4 Å². The second-order valence-corrected chi connectivity index (χ2v) is 9.54. The Kier molecular flexibility index (Phi) is 10.3. The van der Waals surface area contributed by atoms with E-state index in [9.17, 15) is 28.3 Å². The van der Waals surface area contributed by atoms with Crippen molar-refractivity contribution in [2.75, 3.05) is 6.61 Å². The predicted molar refractivity (Wildman–Crippen MR) is 119 cm³/mol. The number of ether oxygens (including phenoxy) is 2. The molecule has 0 aliphatic carbocycles. The monoisotopic (exact) mass is 735 g/mol. The molecule has 0 saturated carbocycles. The molecule has 0 heterocycles. The van der Waals surface area contributed by atoms with E-state index in [1.54, 1.807) is 6.07 Å². The fraction of sp³-hybridized carbons (Fsp3) is 0.471. The largest absolute Gasteiger partial charge is 0.544 e. The fourth-order valence-corrected chi connectivity index (χ4v) is 4.49. The van der Waals surface area contributed by atoms with Gasteiger partial charge in [-0.2, -0.15) is 8.78 Å². The Bertz CT molecular complexity index is 755. The summed E-state index contributed by atoms with van der Waals surface area (Å²) in [4.78, 5) is 34.5. The van der Waals surface area contributed by atoms with Crippen LogP contribution in [0.1, 0.15) is 37.0 Å². The van der Waals surface area contributed by atoms with E-state index in [1.807, 2.05) is 28.7 Å². The minimum Gasteiger partial charge on any atom is -0.544 e. The summed E-state index contributed by atoms with van der Waals surface area (Å²) in [5, 5.41) is 10.6. The highest BCUT2D eigenvalue weighted by Gasteiger charge is 2.45. The maximum Gasteiger partial charge on any atom is 0.339 e. The van der Waals surface area contributed by atoms with Gasteiger partial charge in [0.15, 0.2) is 6.10 Å². The van der Waals surface area contributed by atoms with Gasteiger partial charge in [-0.15, -0.1) is 0 Å². The van der Waals surface area contributed by atoms with Crippen molar-refractivity contribution in [3.63, 3.8) is 0 Å². The molecule has 0 aromatic heterocycles. The van der Waals surface area contributed by atoms with Crippen LogP contribution in [0.4, 0.5) is 8.78 Å². The lowest BCUT2D eigenvalue weighted by molar-refractivity contribution is -0.337. The second-order valence-electron chi connectivity index (χ2n) is 6.05. The number of aliphatic carboxylic acids is 1. The van der Waals surface area contributed by atoms with Crippen LogP contribution in [-0.2, 0) is 19.1 Å². The van der Waals surface area contributed by atoms with Crippen LogP contribution in [0.15, 0.2) is 12.1 Å². The first-order valence-corrected chi connectivity index (χ1v) is 11.2. The summed E-state index contributed by atoms with van der Waals surface area (Å²) >= 11 is 6.21. The molecular formula is C17H16F2I3O6-. The average Bonchev–Trinajstić information content (AvgIpc) is 2.58. The number of carboxylic acid groups (broad SMARTS) is 1.